The van der Waals surface area contributed by atoms with Crippen LogP contribution in [0.4, 0.5) is 13.2 Å². The molecule has 0 radical (unpaired) electrons. The van der Waals surface area contributed by atoms with E-state index >= 15 is 0 Å². The van der Waals surface area contributed by atoms with Gasteiger partial charge in [-0.2, -0.15) is 0 Å². The second-order valence-electron chi connectivity index (χ2n) is 4.83. The van der Waals surface area contributed by atoms with E-state index in [1.165, 1.54) is 24.3 Å². The molecule has 2 rings (SSSR count). The summed E-state index contributed by atoms with van der Waals surface area (Å²) in [4.78, 5) is 0. The average Bonchev–Trinajstić information content (AvgIpc) is 2.39. The highest BCUT2D eigenvalue weighted by Crippen LogP contribution is 2.22. The quantitative estimate of drug-likeness (QED) is 0.868. The van der Waals surface area contributed by atoms with Gasteiger partial charge < -0.3 is 5.32 Å². The second-order valence-corrected chi connectivity index (χ2v) is 4.83. The van der Waals surface area contributed by atoms with E-state index in [-0.39, 0.29) is 17.9 Å². The molecule has 0 saturated heterocycles. The summed E-state index contributed by atoms with van der Waals surface area (Å²) < 4.78 is 39.4. The molecule has 1 unspecified atom stereocenters. The van der Waals surface area contributed by atoms with Crippen LogP contribution in [0.3, 0.4) is 0 Å². The normalized spacial score (nSPS) is 14.1. The smallest absolute Gasteiger partial charge is 0.130 e. The number of benzene rings is 2. The molecule has 20 heavy (non-hydrogen) atoms. The summed E-state index contributed by atoms with van der Waals surface area (Å²) in [5.41, 5.74) is 1.31. The number of hydrogen-bond acceptors (Lipinski definition) is 1. The minimum absolute atomic E-state index is 0.0740. The Hall–Kier alpha value is -1.81. The molecule has 0 saturated carbocycles. The summed E-state index contributed by atoms with van der Waals surface area (Å²) in [6.07, 6.45) is 0. The molecule has 4 heteroatoms. The van der Waals surface area contributed by atoms with Gasteiger partial charge in [-0.3, -0.25) is 0 Å². The Balaban J connectivity index is 2.10. The van der Waals surface area contributed by atoms with Crippen molar-refractivity contribution < 1.29 is 13.2 Å². The summed E-state index contributed by atoms with van der Waals surface area (Å²) >= 11 is 0. The van der Waals surface area contributed by atoms with Crippen LogP contribution in [0, 0.1) is 17.5 Å². The van der Waals surface area contributed by atoms with E-state index in [9.17, 15) is 13.2 Å². The van der Waals surface area contributed by atoms with Crippen molar-refractivity contribution in [3.63, 3.8) is 0 Å². The summed E-state index contributed by atoms with van der Waals surface area (Å²) in [7, 11) is 0. The Morgan fingerprint density at radius 3 is 2.00 bits per heavy atom. The van der Waals surface area contributed by atoms with E-state index in [1.807, 2.05) is 6.92 Å². The van der Waals surface area contributed by atoms with E-state index in [2.05, 4.69) is 5.32 Å². The molecule has 1 N–H and O–H groups in total. The Morgan fingerprint density at radius 1 is 0.800 bits per heavy atom. The molecule has 0 amide bonds. The Bertz CT molecular complexity index is 581. The molecule has 0 fully saturated rings. The topological polar surface area (TPSA) is 12.0 Å². The lowest BCUT2D eigenvalue weighted by molar-refractivity contribution is 0.470. The van der Waals surface area contributed by atoms with Gasteiger partial charge >= 0.3 is 0 Å². The van der Waals surface area contributed by atoms with E-state index in [1.54, 1.807) is 19.1 Å². The van der Waals surface area contributed by atoms with Crippen LogP contribution < -0.4 is 5.32 Å². The zero-order valence-corrected chi connectivity index (χ0v) is 11.3. The van der Waals surface area contributed by atoms with Gasteiger partial charge in [0.05, 0.1) is 0 Å². The highest BCUT2D eigenvalue weighted by molar-refractivity contribution is 5.24. The molecule has 2 atom stereocenters. The lowest BCUT2D eigenvalue weighted by Crippen LogP contribution is -2.23. The third kappa shape index (κ3) is 3.39. The molecule has 0 bridgehead atoms. The molecule has 2 aromatic rings. The molecular weight excluding hydrogens is 263 g/mol. The van der Waals surface area contributed by atoms with Crippen LogP contribution in [-0.2, 0) is 0 Å². The largest absolute Gasteiger partial charge is 0.304 e. The molecule has 0 aliphatic heterocycles. The fourth-order valence-electron chi connectivity index (χ4n) is 2.17. The van der Waals surface area contributed by atoms with Gasteiger partial charge in [-0.25, -0.2) is 13.2 Å². The fraction of sp³-hybridized carbons (Fsp3) is 0.250. The van der Waals surface area contributed by atoms with Crippen molar-refractivity contribution in [2.75, 3.05) is 0 Å². The lowest BCUT2D eigenvalue weighted by Gasteiger charge is -2.21. The maximum atomic E-state index is 13.7. The van der Waals surface area contributed by atoms with E-state index < -0.39 is 11.6 Å². The molecule has 106 valence electrons. The third-order valence-electron chi connectivity index (χ3n) is 3.30. The first-order chi connectivity index (χ1) is 9.47. The second kappa shape index (κ2) is 6.09. The molecular formula is C16H16F3N. The van der Waals surface area contributed by atoms with Gasteiger partial charge in [0, 0.05) is 23.7 Å². The van der Waals surface area contributed by atoms with E-state index in [0.29, 0.717) is 5.56 Å². The Kier molecular flexibility index (Phi) is 4.45. The van der Waals surface area contributed by atoms with Crippen molar-refractivity contribution in [3.05, 3.63) is 71.0 Å². The number of rotatable bonds is 4. The van der Waals surface area contributed by atoms with Crippen LogP contribution in [-0.4, -0.2) is 0 Å². The molecule has 0 spiro atoms. The van der Waals surface area contributed by atoms with E-state index in [4.69, 9.17) is 0 Å². The van der Waals surface area contributed by atoms with Gasteiger partial charge in [-0.15, -0.1) is 0 Å². The van der Waals surface area contributed by atoms with E-state index in [0.717, 1.165) is 11.6 Å². The monoisotopic (exact) mass is 279 g/mol. The van der Waals surface area contributed by atoms with Crippen molar-refractivity contribution in [1.82, 2.24) is 5.32 Å². The minimum atomic E-state index is -0.593. The first-order valence-electron chi connectivity index (χ1n) is 6.44. The van der Waals surface area contributed by atoms with Crippen LogP contribution in [0.25, 0.3) is 0 Å². The molecule has 0 aliphatic rings. The van der Waals surface area contributed by atoms with Gasteiger partial charge in [0.1, 0.15) is 17.5 Å². The first kappa shape index (κ1) is 14.6. The molecule has 0 aliphatic carbocycles. The summed E-state index contributed by atoms with van der Waals surface area (Å²) in [5, 5.41) is 3.21. The molecule has 0 aromatic heterocycles. The van der Waals surface area contributed by atoms with Crippen LogP contribution >= 0.6 is 0 Å². The first-order valence-corrected chi connectivity index (χ1v) is 6.44. The summed E-state index contributed by atoms with van der Waals surface area (Å²) in [5.74, 6) is -1.46. The Morgan fingerprint density at radius 2 is 1.40 bits per heavy atom. The molecule has 0 heterocycles. The standard InChI is InChI=1S/C16H16F3N/c1-10(12-3-5-13(17)6-4-12)20-11(2)15-8-7-14(18)9-16(15)19/h3-11,20H,1-2H3/t10-,11?/m1/s1. The minimum Gasteiger partial charge on any atom is -0.304 e. The van der Waals surface area contributed by atoms with Crippen molar-refractivity contribution in [2.24, 2.45) is 0 Å². The van der Waals surface area contributed by atoms with Gasteiger partial charge in [-0.05, 0) is 37.6 Å². The van der Waals surface area contributed by atoms with Crippen molar-refractivity contribution in [1.29, 1.82) is 0 Å². The van der Waals surface area contributed by atoms with Gasteiger partial charge in [0.15, 0.2) is 0 Å². The Labute approximate surface area is 116 Å². The summed E-state index contributed by atoms with van der Waals surface area (Å²) in [6.45, 7) is 3.71. The predicted molar refractivity (Wildman–Crippen MR) is 72.7 cm³/mol. The number of halogens is 3. The maximum absolute atomic E-state index is 13.7. The zero-order valence-electron chi connectivity index (χ0n) is 11.3. The van der Waals surface area contributed by atoms with Crippen LogP contribution in [0.1, 0.15) is 37.1 Å². The highest BCUT2D eigenvalue weighted by atomic mass is 19.1. The van der Waals surface area contributed by atoms with Crippen LogP contribution in [0.15, 0.2) is 42.5 Å². The molecule has 2 aromatic carbocycles. The van der Waals surface area contributed by atoms with Gasteiger partial charge in [0.25, 0.3) is 0 Å². The fourth-order valence-corrected chi connectivity index (χ4v) is 2.17. The third-order valence-corrected chi connectivity index (χ3v) is 3.30. The number of hydrogen-bond donors (Lipinski definition) is 1. The molecule has 1 nitrogen and oxygen atoms in total. The van der Waals surface area contributed by atoms with Crippen molar-refractivity contribution in [2.45, 2.75) is 25.9 Å². The zero-order chi connectivity index (χ0) is 14.7. The van der Waals surface area contributed by atoms with Crippen LogP contribution in [0.2, 0.25) is 0 Å². The highest BCUT2D eigenvalue weighted by Gasteiger charge is 2.15. The lowest BCUT2D eigenvalue weighted by atomic mass is 10.0. The van der Waals surface area contributed by atoms with Crippen LogP contribution in [0.5, 0.6) is 0 Å². The van der Waals surface area contributed by atoms with Gasteiger partial charge in [0.2, 0.25) is 0 Å². The average molecular weight is 279 g/mol. The van der Waals surface area contributed by atoms with Gasteiger partial charge in [-0.1, -0.05) is 18.2 Å². The summed E-state index contributed by atoms with van der Waals surface area (Å²) in [6, 6.07) is 9.31. The van der Waals surface area contributed by atoms with Crippen molar-refractivity contribution >= 4 is 0 Å². The van der Waals surface area contributed by atoms with Crippen molar-refractivity contribution in [3.8, 4) is 0 Å². The predicted octanol–water partition coefficient (Wildman–Crippen LogP) is 4.52. The number of nitrogens with one attached hydrogen (secondary N) is 1. The maximum Gasteiger partial charge on any atom is 0.130 e. The SMILES string of the molecule is CC(N[C@H](C)c1ccc(F)cc1)c1ccc(F)cc1F.